The summed E-state index contributed by atoms with van der Waals surface area (Å²) >= 11 is 0. The van der Waals surface area contributed by atoms with Crippen molar-refractivity contribution in [2.75, 3.05) is 18.4 Å². The number of hydrogen-bond donors (Lipinski definition) is 2. The number of anilines is 1. The maximum absolute atomic E-state index is 13.5. The predicted molar refractivity (Wildman–Crippen MR) is 152 cm³/mol. The molecule has 12 heteroatoms. The summed E-state index contributed by atoms with van der Waals surface area (Å²) in [6.45, 7) is 0.510. The lowest BCUT2D eigenvalue weighted by Crippen LogP contribution is -2.27. The van der Waals surface area contributed by atoms with E-state index in [1.54, 1.807) is 53.2 Å². The normalized spacial score (nSPS) is 11.7. The lowest BCUT2D eigenvalue weighted by Gasteiger charge is -2.11. The monoisotopic (exact) mass is 570 g/mol. The van der Waals surface area contributed by atoms with Crippen LogP contribution in [-0.4, -0.2) is 47.1 Å². The highest BCUT2D eigenvalue weighted by molar-refractivity contribution is 7.89. The van der Waals surface area contributed by atoms with Gasteiger partial charge in [0.2, 0.25) is 16.0 Å². The summed E-state index contributed by atoms with van der Waals surface area (Å²) in [5, 5.41) is 4.48. The number of aldehydes is 1. The third-order valence-electron chi connectivity index (χ3n) is 6.54. The third kappa shape index (κ3) is 5.17. The summed E-state index contributed by atoms with van der Waals surface area (Å²) in [6.07, 6.45) is 5.83. The first-order valence-corrected chi connectivity index (χ1v) is 14.2. The Kier molecular flexibility index (Phi) is 7.00. The van der Waals surface area contributed by atoms with Gasteiger partial charge in [0.25, 0.3) is 0 Å². The number of carbonyl (C=O) groups excluding carboxylic acids is 1. The van der Waals surface area contributed by atoms with E-state index >= 15 is 0 Å². The summed E-state index contributed by atoms with van der Waals surface area (Å²) in [6, 6.07) is 18.0. The second kappa shape index (κ2) is 10.9. The van der Waals surface area contributed by atoms with Crippen LogP contribution in [0.2, 0.25) is 0 Å². The zero-order valence-electron chi connectivity index (χ0n) is 21.5. The molecule has 0 unspecified atom stereocenters. The van der Waals surface area contributed by atoms with Crippen LogP contribution in [0.15, 0.2) is 94.7 Å². The molecule has 2 N–H and O–H groups in total. The zero-order chi connectivity index (χ0) is 28.4. The molecule has 0 aliphatic rings. The quantitative estimate of drug-likeness (QED) is 0.175. The van der Waals surface area contributed by atoms with Gasteiger partial charge in [0.1, 0.15) is 23.5 Å². The van der Waals surface area contributed by atoms with Gasteiger partial charge in [-0.05, 0) is 53.6 Å². The molecule has 0 aliphatic heterocycles. The summed E-state index contributed by atoms with van der Waals surface area (Å²) in [7, 11) is -3.91. The van der Waals surface area contributed by atoms with Gasteiger partial charge in [-0.15, -0.1) is 0 Å². The molecular formula is C29H23FN6O4S. The van der Waals surface area contributed by atoms with E-state index in [0.717, 1.165) is 5.39 Å². The van der Waals surface area contributed by atoms with Crippen LogP contribution in [0.1, 0.15) is 16.8 Å². The minimum absolute atomic E-state index is 0.0569. The molecule has 0 aliphatic carbocycles. The van der Waals surface area contributed by atoms with Crippen LogP contribution in [0.4, 0.5) is 10.3 Å². The van der Waals surface area contributed by atoms with Crippen molar-refractivity contribution in [3.8, 4) is 22.6 Å². The summed E-state index contributed by atoms with van der Waals surface area (Å²) in [4.78, 5) is 25.1. The maximum Gasteiger partial charge on any atom is 0.306 e. The Morgan fingerprint density at radius 1 is 0.976 bits per heavy atom. The van der Waals surface area contributed by atoms with E-state index in [-0.39, 0.29) is 22.8 Å². The van der Waals surface area contributed by atoms with E-state index in [2.05, 4.69) is 25.0 Å². The van der Waals surface area contributed by atoms with E-state index in [9.17, 15) is 17.6 Å². The predicted octanol–water partition coefficient (Wildman–Crippen LogP) is 4.94. The number of sulfonamides is 1. The van der Waals surface area contributed by atoms with Gasteiger partial charge in [0, 0.05) is 36.6 Å². The number of fused-ring (bicyclic) bond motifs is 2. The molecule has 6 aromatic rings. The van der Waals surface area contributed by atoms with Crippen molar-refractivity contribution < 1.29 is 22.0 Å². The molecule has 6 rings (SSSR count). The smallest absolute Gasteiger partial charge is 0.306 e. The van der Waals surface area contributed by atoms with E-state index in [4.69, 9.17) is 4.42 Å². The summed E-state index contributed by atoms with van der Waals surface area (Å²) in [5.41, 5.74) is 2.62. The number of aromatic nitrogens is 4. The van der Waals surface area contributed by atoms with Crippen molar-refractivity contribution in [1.29, 1.82) is 0 Å². The van der Waals surface area contributed by atoms with Gasteiger partial charge in [-0.25, -0.2) is 27.5 Å². The molecule has 0 atom stereocenters. The van der Waals surface area contributed by atoms with Gasteiger partial charge in [0.05, 0.1) is 10.6 Å². The molecule has 3 aromatic heterocycles. The van der Waals surface area contributed by atoms with Crippen LogP contribution in [0, 0.1) is 5.82 Å². The molecule has 0 fully saturated rings. The minimum atomic E-state index is -3.91. The third-order valence-corrected chi connectivity index (χ3v) is 8.06. The van der Waals surface area contributed by atoms with Crippen LogP contribution in [0.5, 0.6) is 0 Å². The first-order valence-electron chi connectivity index (χ1n) is 12.7. The summed E-state index contributed by atoms with van der Waals surface area (Å²) in [5.74, 6) is 0.353. The lowest BCUT2D eigenvalue weighted by atomic mass is 10.1. The number of imidazole rings is 1. The molecule has 0 saturated heterocycles. The van der Waals surface area contributed by atoms with Crippen molar-refractivity contribution in [1.82, 2.24) is 24.1 Å². The van der Waals surface area contributed by atoms with Crippen LogP contribution < -0.4 is 10.0 Å². The first-order chi connectivity index (χ1) is 19.9. The van der Waals surface area contributed by atoms with Gasteiger partial charge >= 0.3 is 5.84 Å². The first kappa shape index (κ1) is 26.3. The Balaban J connectivity index is 1.14. The number of nitrogens with one attached hydrogen (secondary N) is 2. The van der Waals surface area contributed by atoms with Crippen molar-refractivity contribution in [2.24, 2.45) is 0 Å². The Morgan fingerprint density at radius 3 is 2.63 bits per heavy atom. The van der Waals surface area contributed by atoms with Gasteiger partial charge in [-0.2, -0.15) is 4.98 Å². The number of hydrogen-bond acceptors (Lipinski definition) is 8. The highest BCUT2D eigenvalue weighted by Gasteiger charge is 2.21. The van der Waals surface area contributed by atoms with Crippen LogP contribution in [-0.2, 0) is 10.0 Å². The Morgan fingerprint density at radius 2 is 1.80 bits per heavy atom. The molecule has 41 heavy (non-hydrogen) atoms. The lowest BCUT2D eigenvalue weighted by molar-refractivity contribution is 0.112. The number of oxazole rings is 1. The van der Waals surface area contributed by atoms with Gasteiger partial charge in [-0.3, -0.25) is 9.20 Å². The Hall–Kier alpha value is -4.94. The van der Waals surface area contributed by atoms with E-state index < -0.39 is 10.0 Å². The second-order valence-corrected chi connectivity index (χ2v) is 10.9. The largest absolute Gasteiger partial charge is 0.432 e. The SMILES string of the molecule is O=Cc1c(S(=O)(=O)NCCCNc2nccc(-c3c(-c4ccc(F)cc4)nc4occn34)n2)ccc2ccccc12. The van der Waals surface area contributed by atoms with Crippen molar-refractivity contribution in [3.05, 3.63) is 96.8 Å². The fourth-order valence-corrected chi connectivity index (χ4v) is 5.88. The van der Waals surface area contributed by atoms with Crippen LogP contribution in [0.25, 0.3) is 39.3 Å². The van der Waals surface area contributed by atoms with E-state index in [0.29, 0.717) is 59.1 Å². The number of carbonyl (C=O) groups is 1. The van der Waals surface area contributed by atoms with Crippen LogP contribution >= 0.6 is 0 Å². The zero-order valence-corrected chi connectivity index (χ0v) is 22.3. The standard InChI is InChI=1S/C29H23FN6O4S/c30-21-9-6-20(7-10-21)26-27(36-16-17-40-29(36)35-26)24-12-15-32-28(34-24)31-13-3-14-33-41(38,39)25-11-8-19-4-1-2-5-22(19)23(25)18-37/h1-2,4-12,15-18,33H,3,13-14H2,(H,31,32,34). The maximum atomic E-state index is 13.5. The molecule has 206 valence electrons. The molecule has 10 nitrogen and oxygen atoms in total. The highest BCUT2D eigenvalue weighted by atomic mass is 32.2. The molecule has 0 spiro atoms. The van der Waals surface area contributed by atoms with E-state index in [1.165, 1.54) is 24.5 Å². The van der Waals surface area contributed by atoms with Gasteiger partial charge < -0.3 is 9.73 Å². The molecule has 0 saturated carbocycles. The fourth-order valence-electron chi connectivity index (χ4n) is 4.62. The average molecular weight is 571 g/mol. The van der Waals surface area contributed by atoms with Crippen LogP contribution in [0.3, 0.4) is 0 Å². The second-order valence-electron chi connectivity index (χ2n) is 9.13. The highest BCUT2D eigenvalue weighted by Crippen LogP contribution is 2.32. The number of benzene rings is 3. The molecular weight excluding hydrogens is 547 g/mol. The topological polar surface area (TPSA) is 131 Å². The molecule has 0 bridgehead atoms. The molecule has 3 aromatic carbocycles. The number of rotatable bonds is 10. The number of halogens is 1. The van der Waals surface area contributed by atoms with Gasteiger partial charge in [0.15, 0.2) is 6.29 Å². The summed E-state index contributed by atoms with van der Waals surface area (Å²) < 4.78 is 49.2. The number of nitrogens with zero attached hydrogens (tertiary/aromatic N) is 4. The minimum Gasteiger partial charge on any atom is -0.432 e. The van der Waals surface area contributed by atoms with Crippen molar-refractivity contribution in [3.63, 3.8) is 0 Å². The van der Waals surface area contributed by atoms with Crippen molar-refractivity contribution >= 4 is 38.9 Å². The average Bonchev–Trinajstić information content (AvgIpc) is 3.58. The molecule has 0 amide bonds. The van der Waals surface area contributed by atoms with Crippen molar-refractivity contribution in [2.45, 2.75) is 11.3 Å². The fraction of sp³-hybridized carbons (Fsp3) is 0.103. The molecule has 0 radical (unpaired) electrons. The van der Waals surface area contributed by atoms with E-state index in [1.807, 2.05) is 12.1 Å². The molecule has 3 heterocycles. The Labute approximate surface area is 234 Å². The Bertz CT molecular complexity index is 1990. The van der Waals surface area contributed by atoms with Gasteiger partial charge in [-0.1, -0.05) is 30.3 Å².